The fourth-order valence-electron chi connectivity index (χ4n) is 3.67. The second kappa shape index (κ2) is 6.76. The van der Waals surface area contributed by atoms with E-state index in [1.807, 2.05) is 18.2 Å². The van der Waals surface area contributed by atoms with E-state index in [9.17, 15) is 4.79 Å². The van der Waals surface area contributed by atoms with Crippen molar-refractivity contribution < 1.29 is 14.3 Å². The summed E-state index contributed by atoms with van der Waals surface area (Å²) in [4.78, 5) is 13.7. The number of primary amides is 1. The van der Waals surface area contributed by atoms with E-state index < -0.39 is 0 Å². The zero-order valence-electron chi connectivity index (χ0n) is 14.1. The molecule has 1 saturated heterocycles. The minimum absolute atomic E-state index is 0.381. The van der Waals surface area contributed by atoms with Gasteiger partial charge in [-0.2, -0.15) is 0 Å². The summed E-state index contributed by atoms with van der Waals surface area (Å²) in [7, 11) is 0. The molecule has 0 aromatic heterocycles. The van der Waals surface area contributed by atoms with E-state index in [0.717, 1.165) is 31.0 Å². The van der Waals surface area contributed by atoms with Crippen molar-refractivity contribution >= 4 is 5.91 Å². The van der Waals surface area contributed by atoms with E-state index in [-0.39, 0.29) is 5.91 Å². The van der Waals surface area contributed by atoms with Gasteiger partial charge < -0.3 is 15.2 Å². The number of nitrogens with zero attached hydrogens (tertiary/aromatic N) is 1. The maximum atomic E-state index is 11.2. The van der Waals surface area contributed by atoms with Crippen molar-refractivity contribution in [3.05, 3.63) is 59.2 Å². The van der Waals surface area contributed by atoms with E-state index in [1.165, 1.54) is 17.5 Å². The van der Waals surface area contributed by atoms with E-state index in [2.05, 4.69) is 17.0 Å². The second-order valence-electron chi connectivity index (χ2n) is 6.59. The Hall–Kier alpha value is -2.53. The van der Waals surface area contributed by atoms with Gasteiger partial charge in [0.25, 0.3) is 0 Å². The number of carbonyl (C=O) groups excluding carboxylic acids is 1. The van der Waals surface area contributed by atoms with Crippen molar-refractivity contribution in [1.29, 1.82) is 0 Å². The van der Waals surface area contributed by atoms with Crippen LogP contribution in [0.1, 0.15) is 40.4 Å². The SMILES string of the molecule is NC(=O)c1ccc(CN2CCC[C@H]2c2ccc3c(c2)OCCO3)cc1. The molecule has 0 bridgehead atoms. The van der Waals surface area contributed by atoms with E-state index in [4.69, 9.17) is 15.2 Å². The standard InChI is InChI=1S/C20H22N2O3/c21-20(23)15-5-3-14(4-6-15)13-22-9-1-2-17(22)16-7-8-18-19(12-16)25-11-10-24-18/h3-8,12,17H,1-2,9-11,13H2,(H2,21,23)/t17-/m0/s1. The van der Waals surface area contributed by atoms with Gasteiger partial charge >= 0.3 is 0 Å². The number of benzene rings is 2. The van der Waals surface area contributed by atoms with Crippen LogP contribution in [0.4, 0.5) is 0 Å². The topological polar surface area (TPSA) is 64.8 Å². The Morgan fingerprint density at radius 2 is 1.84 bits per heavy atom. The van der Waals surface area contributed by atoms with Crippen LogP contribution in [0.3, 0.4) is 0 Å². The molecule has 0 unspecified atom stereocenters. The number of hydrogen-bond acceptors (Lipinski definition) is 4. The van der Waals surface area contributed by atoms with E-state index in [0.29, 0.717) is 24.8 Å². The van der Waals surface area contributed by atoms with Crippen LogP contribution in [-0.2, 0) is 6.54 Å². The van der Waals surface area contributed by atoms with Gasteiger partial charge in [0.1, 0.15) is 13.2 Å². The first-order valence-corrected chi connectivity index (χ1v) is 8.73. The number of hydrogen-bond donors (Lipinski definition) is 1. The number of fused-ring (bicyclic) bond motifs is 1. The van der Waals surface area contributed by atoms with Crippen LogP contribution in [0.15, 0.2) is 42.5 Å². The van der Waals surface area contributed by atoms with Gasteiger partial charge in [0, 0.05) is 18.2 Å². The van der Waals surface area contributed by atoms with Gasteiger partial charge in [0.15, 0.2) is 11.5 Å². The fraction of sp³-hybridized carbons (Fsp3) is 0.350. The Balaban J connectivity index is 1.51. The van der Waals surface area contributed by atoms with E-state index >= 15 is 0 Å². The summed E-state index contributed by atoms with van der Waals surface area (Å²) in [5, 5.41) is 0. The molecule has 1 fully saturated rings. The van der Waals surface area contributed by atoms with Crippen LogP contribution in [0.5, 0.6) is 11.5 Å². The van der Waals surface area contributed by atoms with Gasteiger partial charge in [0.2, 0.25) is 5.91 Å². The molecule has 2 N–H and O–H groups in total. The van der Waals surface area contributed by atoms with Crippen molar-refractivity contribution in [3.8, 4) is 11.5 Å². The van der Waals surface area contributed by atoms with Crippen molar-refractivity contribution in [1.82, 2.24) is 4.90 Å². The first-order valence-electron chi connectivity index (χ1n) is 8.73. The van der Waals surface area contributed by atoms with Crippen molar-refractivity contribution in [2.75, 3.05) is 19.8 Å². The largest absolute Gasteiger partial charge is 0.486 e. The van der Waals surface area contributed by atoms with E-state index in [1.54, 1.807) is 12.1 Å². The van der Waals surface area contributed by atoms with Gasteiger partial charge in [-0.15, -0.1) is 0 Å². The molecule has 5 nitrogen and oxygen atoms in total. The molecule has 2 aromatic rings. The quantitative estimate of drug-likeness (QED) is 0.931. The first kappa shape index (κ1) is 16.0. The molecule has 2 heterocycles. The molecule has 130 valence electrons. The number of likely N-dealkylation sites (tertiary alicyclic amines) is 1. The maximum absolute atomic E-state index is 11.2. The lowest BCUT2D eigenvalue weighted by atomic mass is 10.0. The number of nitrogens with two attached hydrogens (primary N) is 1. The molecular weight excluding hydrogens is 316 g/mol. The summed E-state index contributed by atoms with van der Waals surface area (Å²) in [6, 6.07) is 14.2. The average molecular weight is 338 g/mol. The van der Waals surface area contributed by atoms with Crippen LogP contribution < -0.4 is 15.2 Å². The molecule has 4 rings (SSSR count). The third kappa shape index (κ3) is 3.33. The Kier molecular flexibility index (Phi) is 4.32. The highest BCUT2D eigenvalue weighted by molar-refractivity contribution is 5.92. The van der Waals surface area contributed by atoms with Crippen molar-refractivity contribution in [2.24, 2.45) is 5.73 Å². The first-order chi connectivity index (χ1) is 12.2. The molecule has 1 amide bonds. The van der Waals surface area contributed by atoms with Crippen molar-refractivity contribution in [3.63, 3.8) is 0 Å². The molecule has 2 aromatic carbocycles. The Morgan fingerprint density at radius 3 is 2.60 bits per heavy atom. The van der Waals surface area contributed by atoms with Crippen LogP contribution >= 0.6 is 0 Å². The summed E-state index contributed by atoms with van der Waals surface area (Å²) in [5.74, 6) is 1.30. The third-order valence-corrected chi connectivity index (χ3v) is 4.94. The van der Waals surface area contributed by atoms with Gasteiger partial charge in [-0.3, -0.25) is 9.69 Å². The predicted octanol–water partition coefficient (Wildman–Crippen LogP) is 2.89. The van der Waals surface area contributed by atoms with Crippen LogP contribution in [-0.4, -0.2) is 30.6 Å². The smallest absolute Gasteiger partial charge is 0.248 e. The molecule has 0 saturated carbocycles. The minimum Gasteiger partial charge on any atom is -0.486 e. The summed E-state index contributed by atoms with van der Waals surface area (Å²) < 4.78 is 11.3. The lowest BCUT2D eigenvalue weighted by molar-refractivity contribution is 0.100. The highest BCUT2D eigenvalue weighted by Crippen LogP contribution is 2.38. The summed E-state index contributed by atoms with van der Waals surface area (Å²) in [6.07, 6.45) is 2.32. The lowest BCUT2D eigenvalue weighted by Crippen LogP contribution is -2.23. The number of carbonyl (C=O) groups is 1. The lowest BCUT2D eigenvalue weighted by Gasteiger charge is -2.26. The summed E-state index contributed by atoms with van der Waals surface area (Å²) in [6.45, 7) is 3.15. The average Bonchev–Trinajstić information content (AvgIpc) is 3.10. The van der Waals surface area contributed by atoms with Crippen LogP contribution in [0.25, 0.3) is 0 Å². The predicted molar refractivity (Wildman–Crippen MR) is 94.8 cm³/mol. The second-order valence-corrected chi connectivity index (χ2v) is 6.59. The molecule has 25 heavy (non-hydrogen) atoms. The Morgan fingerprint density at radius 1 is 1.08 bits per heavy atom. The molecule has 5 heteroatoms. The summed E-state index contributed by atoms with van der Waals surface area (Å²) in [5.41, 5.74) is 8.32. The summed E-state index contributed by atoms with van der Waals surface area (Å²) >= 11 is 0. The Bertz CT molecular complexity index is 773. The molecule has 2 aliphatic rings. The number of ether oxygens (including phenoxy) is 2. The highest BCUT2D eigenvalue weighted by Gasteiger charge is 2.27. The number of amides is 1. The van der Waals surface area contributed by atoms with Gasteiger partial charge in [-0.25, -0.2) is 0 Å². The zero-order valence-corrected chi connectivity index (χ0v) is 14.1. The van der Waals surface area contributed by atoms with Crippen molar-refractivity contribution in [2.45, 2.75) is 25.4 Å². The molecule has 1 atom stereocenters. The molecule has 0 radical (unpaired) electrons. The van der Waals surface area contributed by atoms with Gasteiger partial charge in [0.05, 0.1) is 0 Å². The Labute approximate surface area is 147 Å². The normalized spacial score (nSPS) is 19.8. The van der Waals surface area contributed by atoms with Crippen LogP contribution in [0.2, 0.25) is 0 Å². The number of rotatable bonds is 4. The molecule has 0 aliphatic carbocycles. The molecule has 2 aliphatic heterocycles. The van der Waals surface area contributed by atoms with Crippen LogP contribution in [0, 0.1) is 0 Å². The highest BCUT2D eigenvalue weighted by atomic mass is 16.6. The van der Waals surface area contributed by atoms with Gasteiger partial charge in [-0.05, 0) is 54.8 Å². The molecular formula is C20H22N2O3. The van der Waals surface area contributed by atoms with Gasteiger partial charge in [-0.1, -0.05) is 18.2 Å². The maximum Gasteiger partial charge on any atom is 0.248 e. The third-order valence-electron chi connectivity index (χ3n) is 4.94. The monoisotopic (exact) mass is 338 g/mol. The minimum atomic E-state index is -0.387. The fourth-order valence-corrected chi connectivity index (χ4v) is 3.67. The molecule has 0 spiro atoms. The zero-order chi connectivity index (χ0) is 17.2.